The van der Waals surface area contributed by atoms with E-state index in [1.165, 1.54) is 24.4 Å². The SMILES string of the molecule is CCOC(=O)c1cc(N2CCOCC2)nn2c(CC3C=CC=C(C(F)(F)F)C3C)c(COC(C)=O)nc12. The van der Waals surface area contributed by atoms with Crippen molar-refractivity contribution in [3.8, 4) is 0 Å². The van der Waals surface area contributed by atoms with Gasteiger partial charge >= 0.3 is 18.1 Å². The Morgan fingerprint density at radius 2 is 1.95 bits per heavy atom. The third-order valence-corrected chi connectivity index (χ3v) is 6.51. The van der Waals surface area contributed by atoms with Gasteiger partial charge in [0.05, 0.1) is 25.5 Å². The molecule has 2 aliphatic rings. The van der Waals surface area contributed by atoms with Crippen LogP contribution < -0.4 is 4.90 Å². The lowest BCUT2D eigenvalue weighted by molar-refractivity contribution is -0.142. The van der Waals surface area contributed by atoms with Crippen LogP contribution in [0, 0.1) is 11.8 Å². The highest BCUT2D eigenvalue weighted by atomic mass is 19.4. The van der Waals surface area contributed by atoms with E-state index in [2.05, 4.69) is 4.98 Å². The van der Waals surface area contributed by atoms with E-state index in [0.29, 0.717) is 43.5 Å². The van der Waals surface area contributed by atoms with E-state index in [1.807, 2.05) is 4.90 Å². The number of halogens is 3. The van der Waals surface area contributed by atoms with Gasteiger partial charge < -0.3 is 19.1 Å². The summed E-state index contributed by atoms with van der Waals surface area (Å²) in [5.41, 5.74) is 0.505. The number of aromatic nitrogens is 3. The quantitative estimate of drug-likeness (QED) is 0.509. The average molecular weight is 523 g/mol. The maximum Gasteiger partial charge on any atom is 0.412 e. The maximum atomic E-state index is 13.6. The number of carbonyl (C=O) groups excluding carboxylic acids is 2. The van der Waals surface area contributed by atoms with Crippen molar-refractivity contribution in [3.63, 3.8) is 0 Å². The summed E-state index contributed by atoms with van der Waals surface area (Å²) in [5, 5.41) is 4.72. The molecule has 0 saturated carbocycles. The summed E-state index contributed by atoms with van der Waals surface area (Å²) in [6, 6.07) is 1.60. The van der Waals surface area contributed by atoms with Crippen molar-refractivity contribution >= 4 is 23.4 Å². The molecule has 0 bridgehead atoms. The Morgan fingerprint density at radius 1 is 1.22 bits per heavy atom. The Hall–Kier alpha value is -3.41. The van der Waals surface area contributed by atoms with Crippen molar-refractivity contribution in [1.82, 2.24) is 14.6 Å². The van der Waals surface area contributed by atoms with Gasteiger partial charge in [-0.05, 0) is 25.2 Å². The highest BCUT2D eigenvalue weighted by Gasteiger charge is 2.40. The summed E-state index contributed by atoms with van der Waals surface area (Å²) in [6.07, 6.45) is -0.124. The molecule has 200 valence electrons. The smallest absolute Gasteiger partial charge is 0.412 e. The number of alkyl halides is 3. The molecule has 1 aliphatic heterocycles. The molecule has 37 heavy (non-hydrogen) atoms. The Bertz CT molecular complexity index is 1230. The fraction of sp³-hybridized carbons (Fsp3) is 0.520. The first kappa shape index (κ1) is 26.6. The van der Waals surface area contributed by atoms with Gasteiger partial charge in [-0.15, -0.1) is 5.10 Å². The van der Waals surface area contributed by atoms with Crippen LogP contribution in [0.25, 0.3) is 5.65 Å². The molecule has 2 aromatic rings. The molecule has 0 radical (unpaired) electrons. The molecule has 2 atom stereocenters. The van der Waals surface area contributed by atoms with Crippen LogP contribution in [0.2, 0.25) is 0 Å². The second kappa shape index (κ2) is 10.9. The number of nitrogens with zero attached hydrogens (tertiary/aromatic N) is 4. The fourth-order valence-electron chi connectivity index (χ4n) is 4.56. The van der Waals surface area contributed by atoms with Crippen LogP contribution in [0.1, 0.15) is 42.5 Å². The Morgan fingerprint density at radius 3 is 2.59 bits per heavy atom. The van der Waals surface area contributed by atoms with Gasteiger partial charge in [0.15, 0.2) is 11.5 Å². The first-order valence-electron chi connectivity index (χ1n) is 12.1. The van der Waals surface area contributed by atoms with Gasteiger partial charge in [0.25, 0.3) is 0 Å². The van der Waals surface area contributed by atoms with E-state index < -0.39 is 35.5 Å². The number of rotatable bonds is 7. The van der Waals surface area contributed by atoms with Crippen molar-refractivity contribution in [2.45, 2.75) is 40.0 Å². The van der Waals surface area contributed by atoms with E-state index >= 15 is 0 Å². The molecule has 1 fully saturated rings. The molecular formula is C25H29F3N4O5. The van der Waals surface area contributed by atoms with Crippen LogP contribution in [0.15, 0.2) is 29.9 Å². The lowest BCUT2D eigenvalue weighted by atomic mass is 9.80. The minimum atomic E-state index is -4.46. The predicted octanol–water partition coefficient (Wildman–Crippen LogP) is 3.66. The summed E-state index contributed by atoms with van der Waals surface area (Å²) in [4.78, 5) is 31.0. The molecule has 0 N–H and O–H groups in total. The number of esters is 2. The molecule has 2 aromatic heterocycles. The van der Waals surface area contributed by atoms with Crippen LogP contribution in [0.4, 0.5) is 19.0 Å². The van der Waals surface area contributed by atoms with Crippen molar-refractivity contribution in [3.05, 3.63) is 46.8 Å². The molecule has 3 heterocycles. The number of ether oxygens (including phenoxy) is 3. The number of fused-ring (bicyclic) bond motifs is 1. The van der Waals surface area contributed by atoms with Crippen molar-refractivity contribution in [2.75, 3.05) is 37.8 Å². The number of allylic oxidation sites excluding steroid dienone is 4. The Labute approximate surface area is 211 Å². The number of carbonyl (C=O) groups is 2. The van der Waals surface area contributed by atoms with Gasteiger partial charge in [-0.1, -0.05) is 25.2 Å². The molecule has 0 amide bonds. The largest absolute Gasteiger partial charge is 0.462 e. The van der Waals surface area contributed by atoms with Crippen LogP contribution >= 0.6 is 0 Å². The molecular weight excluding hydrogens is 493 g/mol. The number of hydrogen-bond donors (Lipinski definition) is 0. The van der Waals surface area contributed by atoms with Crippen molar-refractivity contribution < 1.29 is 37.0 Å². The number of hydrogen-bond acceptors (Lipinski definition) is 8. The predicted molar refractivity (Wildman–Crippen MR) is 127 cm³/mol. The zero-order valence-corrected chi connectivity index (χ0v) is 20.9. The zero-order valence-electron chi connectivity index (χ0n) is 20.9. The van der Waals surface area contributed by atoms with E-state index in [1.54, 1.807) is 19.1 Å². The lowest BCUT2D eigenvalue weighted by Gasteiger charge is -2.29. The highest BCUT2D eigenvalue weighted by molar-refractivity contribution is 5.96. The van der Waals surface area contributed by atoms with Crippen LogP contribution in [-0.2, 0) is 32.0 Å². The minimum absolute atomic E-state index is 0.130. The third-order valence-electron chi connectivity index (χ3n) is 6.51. The van der Waals surface area contributed by atoms with Gasteiger partial charge in [-0.3, -0.25) is 4.79 Å². The maximum absolute atomic E-state index is 13.6. The summed E-state index contributed by atoms with van der Waals surface area (Å²) in [6.45, 7) is 6.46. The van der Waals surface area contributed by atoms with E-state index in [9.17, 15) is 22.8 Å². The van der Waals surface area contributed by atoms with Crippen LogP contribution in [-0.4, -0.2) is 65.6 Å². The van der Waals surface area contributed by atoms with Crippen LogP contribution in [0.3, 0.4) is 0 Å². The highest BCUT2D eigenvalue weighted by Crippen LogP contribution is 2.39. The van der Waals surface area contributed by atoms with Gasteiger partial charge in [0, 0.05) is 31.7 Å². The average Bonchev–Trinajstić information content (AvgIpc) is 3.20. The van der Waals surface area contributed by atoms with Crippen LogP contribution in [0.5, 0.6) is 0 Å². The first-order valence-corrected chi connectivity index (χ1v) is 12.1. The summed E-state index contributed by atoms with van der Waals surface area (Å²) < 4.78 is 58.1. The molecule has 2 unspecified atom stereocenters. The van der Waals surface area contributed by atoms with Crippen molar-refractivity contribution in [1.29, 1.82) is 0 Å². The summed E-state index contributed by atoms with van der Waals surface area (Å²) in [7, 11) is 0. The number of morpholine rings is 1. The summed E-state index contributed by atoms with van der Waals surface area (Å²) in [5.74, 6) is -2.02. The van der Waals surface area contributed by atoms with Gasteiger partial charge in [-0.2, -0.15) is 13.2 Å². The first-order chi connectivity index (χ1) is 17.6. The molecule has 1 aliphatic carbocycles. The molecule has 1 saturated heterocycles. The van der Waals surface area contributed by atoms with Gasteiger partial charge in [0.1, 0.15) is 17.9 Å². The molecule has 4 rings (SSSR count). The number of imidazole rings is 1. The van der Waals surface area contributed by atoms with Gasteiger partial charge in [0.2, 0.25) is 0 Å². The van der Waals surface area contributed by atoms with Crippen molar-refractivity contribution in [2.24, 2.45) is 11.8 Å². The second-order valence-corrected chi connectivity index (χ2v) is 8.92. The normalized spacial score (nSPS) is 20.2. The molecule has 0 aromatic carbocycles. The topological polar surface area (TPSA) is 95.3 Å². The second-order valence-electron chi connectivity index (χ2n) is 8.92. The Balaban J connectivity index is 1.83. The van der Waals surface area contributed by atoms with E-state index in [-0.39, 0.29) is 30.8 Å². The fourth-order valence-corrected chi connectivity index (χ4v) is 4.56. The molecule has 12 heteroatoms. The molecule has 9 nitrogen and oxygen atoms in total. The number of anilines is 1. The van der Waals surface area contributed by atoms with E-state index in [0.717, 1.165) is 6.08 Å². The Kier molecular flexibility index (Phi) is 7.86. The third kappa shape index (κ3) is 5.79. The molecule has 0 spiro atoms. The van der Waals surface area contributed by atoms with Gasteiger partial charge in [-0.25, -0.2) is 14.3 Å². The summed E-state index contributed by atoms with van der Waals surface area (Å²) >= 11 is 0. The standard InChI is InChI=1S/C25H29F3N4O5/c1-4-36-24(34)18-13-22(31-8-10-35-11-9-31)30-32-21(20(29-23(18)32)14-37-16(3)33)12-17-6-5-7-19(15(17)2)25(26,27)28/h5-7,13,15,17H,4,8-12,14H2,1-3H3. The van der Waals surface area contributed by atoms with E-state index in [4.69, 9.17) is 19.3 Å². The minimum Gasteiger partial charge on any atom is -0.462 e. The lowest BCUT2D eigenvalue weighted by Crippen LogP contribution is -2.37. The zero-order chi connectivity index (χ0) is 26.7. The monoisotopic (exact) mass is 522 g/mol.